The van der Waals surface area contributed by atoms with Gasteiger partial charge in [-0.1, -0.05) is 60.2 Å². The summed E-state index contributed by atoms with van der Waals surface area (Å²) < 4.78 is 0. The van der Waals surface area contributed by atoms with E-state index in [0.29, 0.717) is 13.0 Å². The Morgan fingerprint density at radius 1 is 1.00 bits per heavy atom. The van der Waals surface area contributed by atoms with E-state index in [0.717, 1.165) is 16.7 Å². The van der Waals surface area contributed by atoms with Gasteiger partial charge in [-0.2, -0.15) is 0 Å². The Morgan fingerprint density at radius 2 is 1.65 bits per heavy atom. The van der Waals surface area contributed by atoms with Gasteiger partial charge in [0.05, 0.1) is 5.92 Å². The number of amides is 1. The van der Waals surface area contributed by atoms with E-state index >= 15 is 0 Å². The molecule has 0 bridgehead atoms. The molecule has 0 aliphatic heterocycles. The summed E-state index contributed by atoms with van der Waals surface area (Å²) >= 11 is 0. The first kappa shape index (κ1) is 16.7. The minimum absolute atomic E-state index is 0.0178. The van der Waals surface area contributed by atoms with Gasteiger partial charge in [0.15, 0.2) is 0 Å². The maximum absolute atomic E-state index is 12.0. The highest BCUT2D eigenvalue weighted by molar-refractivity contribution is 5.82. The molecule has 120 valence electrons. The number of hydrogen-bond donors (Lipinski definition) is 2. The van der Waals surface area contributed by atoms with E-state index in [-0.39, 0.29) is 12.3 Å². The molecule has 0 aliphatic carbocycles. The molecule has 1 amide bonds. The number of carbonyl (C=O) groups is 2. The van der Waals surface area contributed by atoms with E-state index in [1.54, 1.807) is 0 Å². The second-order valence-electron chi connectivity index (χ2n) is 5.69. The number of aliphatic carboxylic acids is 1. The predicted octanol–water partition coefficient (Wildman–Crippen LogP) is 2.94. The number of aryl methyl sites for hydroxylation is 1. The van der Waals surface area contributed by atoms with E-state index in [1.165, 1.54) is 0 Å². The molecule has 23 heavy (non-hydrogen) atoms. The average Bonchev–Trinajstić information content (AvgIpc) is 2.55. The molecule has 0 spiro atoms. The summed E-state index contributed by atoms with van der Waals surface area (Å²) in [6.07, 6.45) is 0.338. The van der Waals surface area contributed by atoms with Crippen molar-refractivity contribution in [2.45, 2.75) is 26.3 Å². The Morgan fingerprint density at radius 3 is 2.26 bits per heavy atom. The molecule has 0 fully saturated rings. The number of carboxylic acids is 1. The lowest BCUT2D eigenvalue weighted by Gasteiger charge is -2.13. The van der Waals surface area contributed by atoms with Gasteiger partial charge in [-0.05, 0) is 24.5 Å². The van der Waals surface area contributed by atoms with Crippen molar-refractivity contribution in [3.8, 4) is 0 Å². The highest BCUT2D eigenvalue weighted by Gasteiger charge is 2.21. The molecule has 4 heteroatoms. The van der Waals surface area contributed by atoms with Crippen molar-refractivity contribution in [3.63, 3.8) is 0 Å². The average molecular weight is 311 g/mol. The zero-order chi connectivity index (χ0) is 16.7. The third kappa shape index (κ3) is 5.58. The van der Waals surface area contributed by atoms with Crippen LogP contribution in [-0.2, 0) is 22.6 Å². The molecule has 0 aromatic heterocycles. The maximum Gasteiger partial charge on any atom is 0.307 e. The fraction of sp³-hybridized carbons (Fsp3) is 0.263. The van der Waals surface area contributed by atoms with Gasteiger partial charge in [0, 0.05) is 13.0 Å². The summed E-state index contributed by atoms with van der Waals surface area (Å²) in [5.74, 6) is -1.90. The lowest BCUT2D eigenvalue weighted by Crippen LogP contribution is -2.29. The summed E-state index contributed by atoms with van der Waals surface area (Å²) in [6.45, 7) is 2.39. The minimum atomic E-state index is -0.944. The first-order valence-electron chi connectivity index (χ1n) is 7.63. The Bertz CT molecular complexity index is 650. The molecule has 1 atom stereocenters. The molecule has 0 saturated heterocycles. The summed E-state index contributed by atoms with van der Waals surface area (Å²) in [5.41, 5.74) is 3.05. The first-order valence-corrected chi connectivity index (χ1v) is 7.63. The number of carbonyl (C=O) groups excluding carboxylic acids is 1. The lowest BCUT2D eigenvalue weighted by atomic mass is 9.95. The Labute approximate surface area is 136 Å². The van der Waals surface area contributed by atoms with Crippen LogP contribution < -0.4 is 5.32 Å². The van der Waals surface area contributed by atoms with Crippen LogP contribution in [0.3, 0.4) is 0 Å². The monoisotopic (exact) mass is 311 g/mol. The SMILES string of the molecule is Cc1ccc(C[C@H](CC(=O)NCc2ccccc2)C(=O)O)cc1. The first-order chi connectivity index (χ1) is 11.0. The van der Waals surface area contributed by atoms with Gasteiger partial charge in [-0.25, -0.2) is 0 Å². The van der Waals surface area contributed by atoms with Crippen LogP contribution in [-0.4, -0.2) is 17.0 Å². The Balaban J connectivity index is 1.89. The molecule has 2 aromatic rings. The van der Waals surface area contributed by atoms with Crippen LogP contribution in [0, 0.1) is 12.8 Å². The summed E-state index contributed by atoms with van der Waals surface area (Å²) in [5, 5.41) is 12.1. The van der Waals surface area contributed by atoms with E-state index in [1.807, 2.05) is 61.5 Å². The van der Waals surface area contributed by atoms with Crippen molar-refractivity contribution in [3.05, 3.63) is 71.3 Å². The molecular weight excluding hydrogens is 290 g/mol. The predicted molar refractivity (Wildman–Crippen MR) is 88.9 cm³/mol. The quantitative estimate of drug-likeness (QED) is 0.826. The van der Waals surface area contributed by atoms with Gasteiger partial charge in [-0.3, -0.25) is 9.59 Å². The zero-order valence-electron chi connectivity index (χ0n) is 13.2. The van der Waals surface area contributed by atoms with E-state index < -0.39 is 11.9 Å². The largest absolute Gasteiger partial charge is 0.481 e. The van der Waals surface area contributed by atoms with Gasteiger partial charge >= 0.3 is 5.97 Å². The molecule has 0 radical (unpaired) electrons. The fourth-order valence-electron chi connectivity index (χ4n) is 2.35. The lowest BCUT2D eigenvalue weighted by molar-refractivity contribution is -0.144. The molecule has 2 aromatic carbocycles. The third-order valence-corrected chi connectivity index (χ3v) is 3.72. The fourth-order valence-corrected chi connectivity index (χ4v) is 2.35. The smallest absolute Gasteiger partial charge is 0.307 e. The number of rotatable bonds is 7. The standard InChI is InChI=1S/C19H21NO3/c1-14-7-9-15(10-8-14)11-17(19(22)23)12-18(21)20-13-16-5-3-2-4-6-16/h2-10,17H,11-13H2,1H3,(H,20,21)(H,22,23)/t17-/m1/s1. The van der Waals surface area contributed by atoms with Crippen molar-refractivity contribution in [1.29, 1.82) is 0 Å². The highest BCUT2D eigenvalue weighted by Crippen LogP contribution is 2.14. The van der Waals surface area contributed by atoms with Crippen molar-refractivity contribution in [2.75, 3.05) is 0 Å². The molecule has 0 heterocycles. The zero-order valence-corrected chi connectivity index (χ0v) is 13.2. The topological polar surface area (TPSA) is 66.4 Å². The van der Waals surface area contributed by atoms with Crippen LogP contribution in [0.15, 0.2) is 54.6 Å². The molecular formula is C19H21NO3. The van der Waals surface area contributed by atoms with Crippen LogP contribution in [0.2, 0.25) is 0 Å². The summed E-state index contributed by atoms with van der Waals surface area (Å²) in [6, 6.07) is 17.3. The van der Waals surface area contributed by atoms with Crippen molar-refractivity contribution in [2.24, 2.45) is 5.92 Å². The van der Waals surface area contributed by atoms with Crippen LogP contribution in [0.4, 0.5) is 0 Å². The summed E-state index contributed by atoms with van der Waals surface area (Å²) in [7, 11) is 0. The maximum atomic E-state index is 12.0. The Kier molecular flexibility index (Phi) is 5.92. The van der Waals surface area contributed by atoms with Gasteiger partial charge in [-0.15, -0.1) is 0 Å². The van der Waals surface area contributed by atoms with Crippen LogP contribution in [0.1, 0.15) is 23.1 Å². The third-order valence-electron chi connectivity index (χ3n) is 3.72. The number of carboxylic acid groups (broad SMARTS) is 1. The van der Waals surface area contributed by atoms with E-state index in [2.05, 4.69) is 5.32 Å². The molecule has 0 unspecified atom stereocenters. The highest BCUT2D eigenvalue weighted by atomic mass is 16.4. The van der Waals surface area contributed by atoms with Crippen molar-refractivity contribution < 1.29 is 14.7 Å². The van der Waals surface area contributed by atoms with Crippen LogP contribution >= 0.6 is 0 Å². The normalized spacial score (nSPS) is 11.7. The minimum Gasteiger partial charge on any atom is -0.481 e. The Hall–Kier alpha value is -2.62. The van der Waals surface area contributed by atoms with E-state index in [4.69, 9.17) is 0 Å². The second-order valence-corrected chi connectivity index (χ2v) is 5.69. The van der Waals surface area contributed by atoms with Crippen LogP contribution in [0.5, 0.6) is 0 Å². The summed E-state index contributed by atoms with van der Waals surface area (Å²) in [4.78, 5) is 23.4. The van der Waals surface area contributed by atoms with Crippen molar-refractivity contribution in [1.82, 2.24) is 5.32 Å². The van der Waals surface area contributed by atoms with Gasteiger partial charge < -0.3 is 10.4 Å². The molecule has 2 N–H and O–H groups in total. The van der Waals surface area contributed by atoms with Crippen LogP contribution in [0.25, 0.3) is 0 Å². The van der Waals surface area contributed by atoms with Crippen molar-refractivity contribution >= 4 is 11.9 Å². The molecule has 2 rings (SSSR count). The molecule has 0 aliphatic rings. The number of nitrogens with one attached hydrogen (secondary N) is 1. The number of benzene rings is 2. The van der Waals surface area contributed by atoms with Gasteiger partial charge in [0.1, 0.15) is 0 Å². The second kappa shape index (κ2) is 8.13. The molecule has 4 nitrogen and oxygen atoms in total. The van der Waals surface area contributed by atoms with Gasteiger partial charge in [0.25, 0.3) is 0 Å². The van der Waals surface area contributed by atoms with E-state index in [9.17, 15) is 14.7 Å². The van der Waals surface area contributed by atoms with Gasteiger partial charge in [0.2, 0.25) is 5.91 Å². The number of hydrogen-bond acceptors (Lipinski definition) is 2. The molecule has 0 saturated carbocycles.